The first kappa shape index (κ1) is 20.2. The topological polar surface area (TPSA) is 70.7 Å². The highest BCUT2D eigenvalue weighted by molar-refractivity contribution is 6.32. The number of anilines is 1. The Bertz CT molecular complexity index is 955. The van der Waals surface area contributed by atoms with E-state index in [0.29, 0.717) is 22.9 Å². The van der Waals surface area contributed by atoms with Crippen molar-refractivity contribution in [1.82, 2.24) is 9.55 Å². The fourth-order valence-corrected chi connectivity index (χ4v) is 3.86. The highest BCUT2D eigenvalue weighted by atomic mass is 35.5. The summed E-state index contributed by atoms with van der Waals surface area (Å²) in [5, 5.41) is 11.8. The molecule has 1 aliphatic rings. The monoisotopic (exact) mass is 410 g/mol. The molecule has 0 saturated heterocycles. The maximum absolute atomic E-state index is 13.0. The molecule has 148 valence electrons. The molecule has 0 radical (unpaired) electrons. The van der Waals surface area contributed by atoms with Gasteiger partial charge in [-0.05, 0) is 49.9 Å². The van der Waals surface area contributed by atoms with Gasteiger partial charge in [0.05, 0.1) is 17.6 Å². The summed E-state index contributed by atoms with van der Waals surface area (Å²) in [6, 6.07) is 8.64. The number of benzene rings is 1. The van der Waals surface area contributed by atoms with E-state index in [0.717, 1.165) is 0 Å². The van der Waals surface area contributed by atoms with Crippen LogP contribution in [0.5, 0.6) is 0 Å². The normalized spacial score (nSPS) is 19.9. The molecule has 0 aliphatic heterocycles. The first-order valence-corrected chi connectivity index (χ1v) is 9.21. The minimum absolute atomic E-state index is 0.00504. The number of halogens is 4. The molecule has 5 nitrogen and oxygen atoms in total. The molecule has 0 spiro atoms. The fourth-order valence-electron chi connectivity index (χ4n) is 3.64. The minimum Gasteiger partial charge on any atom is -0.373 e. The van der Waals surface area contributed by atoms with E-state index in [1.165, 1.54) is 0 Å². The van der Waals surface area contributed by atoms with Crippen molar-refractivity contribution in [3.63, 3.8) is 0 Å². The summed E-state index contributed by atoms with van der Waals surface area (Å²) in [4.78, 5) is 16.4. The maximum Gasteiger partial charge on any atom is 0.391 e. The van der Waals surface area contributed by atoms with Gasteiger partial charge in [0.1, 0.15) is 16.7 Å². The van der Waals surface area contributed by atoms with E-state index >= 15 is 0 Å². The first-order valence-electron chi connectivity index (χ1n) is 8.83. The Kier molecular flexibility index (Phi) is 5.66. The largest absolute Gasteiger partial charge is 0.391 e. The van der Waals surface area contributed by atoms with Crippen LogP contribution < -0.4 is 10.9 Å². The molecule has 1 saturated carbocycles. The van der Waals surface area contributed by atoms with Gasteiger partial charge in [0.15, 0.2) is 0 Å². The molecule has 0 bridgehead atoms. The van der Waals surface area contributed by atoms with Gasteiger partial charge in [0, 0.05) is 18.7 Å². The summed E-state index contributed by atoms with van der Waals surface area (Å²) in [7, 11) is 1.60. The minimum atomic E-state index is -4.21. The molecule has 1 aliphatic carbocycles. The van der Waals surface area contributed by atoms with E-state index in [9.17, 15) is 18.0 Å². The van der Waals surface area contributed by atoms with Crippen LogP contribution in [-0.2, 0) is 0 Å². The summed E-state index contributed by atoms with van der Waals surface area (Å²) >= 11 is 6.14. The van der Waals surface area contributed by atoms with Crippen LogP contribution in [-0.4, -0.2) is 22.8 Å². The average Bonchev–Trinajstić information content (AvgIpc) is 2.69. The number of nitrogens with zero attached hydrogens (tertiary/aromatic N) is 3. The summed E-state index contributed by atoms with van der Waals surface area (Å²) in [5.74, 6) is -0.926. The number of nitriles is 1. The number of nitrogens with one attached hydrogen (secondary N) is 1. The molecule has 1 aromatic heterocycles. The molecule has 1 heterocycles. The molecule has 0 atom stereocenters. The second kappa shape index (κ2) is 7.84. The van der Waals surface area contributed by atoms with E-state index < -0.39 is 17.7 Å². The Hall–Kier alpha value is -2.53. The SMILES string of the molecule is CNc1c(Cl)c(=O)nc(C2CCC(C(F)(F)F)CC2)n1-c1ccc(C#N)cc1. The van der Waals surface area contributed by atoms with E-state index in [1.807, 2.05) is 6.07 Å². The second-order valence-electron chi connectivity index (χ2n) is 6.77. The van der Waals surface area contributed by atoms with E-state index in [1.54, 1.807) is 35.9 Å². The Morgan fingerprint density at radius 1 is 1.21 bits per heavy atom. The number of alkyl halides is 3. The molecule has 1 aromatic carbocycles. The van der Waals surface area contributed by atoms with Gasteiger partial charge < -0.3 is 5.32 Å². The molecular weight excluding hydrogens is 393 g/mol. The summed E-state index contributed by atoms with van der Waals surface area (Å²) in [6.07, 6.45) is -3.67. The number of aromatic nitrogens is 2. The van der Waals surface area contributed by atoms with Crippen molar-refractivity contribution in [3.05, 3.63) is 51.0 Å². The third-order valence-corrected chi connectivity index (χ3v) is 5.45. The zero-order valence-electron chi connectivity index (χ0n) is 15.1. The molecule has 1 fully saturated rings. The fraction of sp³-hybridized carbons (Fsp3) is 0.421. The summed E-state index contributed by atoms with van der Waals surface area (Å²) < 4.78 is 40.6. The first-order chi connectivity index (χ1) is 13.3. The summed E-state index contributed by atoms with van der Waals surface area (Å²) in [5.41, 5.74) is 0.455. The third-order valence-electron chi connectivity index (χ3n) is 5.11. The second-order valence-corrected chi connectivity index (χ2v) is 7.15. The highest BCUT2D eigenvalue weighted by Crippen LogP contribution is 2.43. The third kappa shape index (κ3) is 3.85. The molecular formula is C19H18ClF3N4O. The standard InChI is InChI=1S/C19H18ClF3N4O/c1-25-17-15(20)18(28)26-16(12-4-6-13(7-5-12)19(21,22)23)27(17)14-8-2-11(10-24)3-9-14/h2-3,8-9,12-13,25H,4-7H2,1H3. The molecule has 3 rings (SSSR count). The predicted octanol–water partition coefficient (Wildman–Crippen LogP) is 4.64. The predicted molar refractivity (Wildman–Crippen MR) is 99.9 cm³/mol. The average molecular weight is 411 g/mol. The molecule has 0 unspecified atom stereocenters. The molecule has 2 aromatic rings. The van der Waals surface area contributed by atoms with Crippen molar-refractivity contribution in [2.75, 3.05) is 12.4 Å². The van der Waals surface area contributed by atoms with Crippen LogP contribution in [0.15, 0.2) is 29.1 Å². The molecule has 28 heavy (non-hydrogen) atoms. The quantitative estimate of drug-likeness (QED) is 0.800. The van der Waals surface area contributed by atoms with Crippen molar-refractivity contribution >= 4 is 17.4 Å². The van der Waals surface area contributed by atoms with Crippen LogP contribution >= 0.6 is 11.6 Å². The number of hydrogen-bond donors (Lipinski definition) is 1. The van der Waals surface area contributed by atoms with Gasteiger partial charge in [-0.15, -0.1) is 0 Å². The van der Waals surface area contributed by atoms with Gasteiger partial charge in [-0.25, -0.2) is 0 Å². The summed E-state index contributed by atoms with van der Waals surface area (Å²) in [6.45, 7) is 0. The van der Waals surface area contributed by atoms with Crippen LogP contribution in [0.4, 0.5) is 19.0 Å². The lowest BCUT2D eigenvalue weighted by Gasteiger charge is -2.31. The maximum atomic E-state index is 13.0. The number of hydrogen-bond acceptors (Lipinski definition) is 4. The molecule has 0 amide bonds. The van der Waals surface area contributed by atoms with E-state index in [2.05, 4.69) is 10.3 Å². The van der Waals surface area contributed by atoms with Crippen molar-refractivity contribution in [1.29, 1.82) is 5.26 Å². The van der Waals surface area contributed by atoms with Gasteiger partial charge >= 0.3 is 6.18 Å². The van der Waals surface area contributed by atoms with Crippen molar-refractivity contribution in [2.45, 2.75) is 37.8 Å². The Balaban J connectivity index is 2.07. The van der Waals surface area contributed by atoms with Gasteiger partial charge in [0.25, 0.3) is 5.56 Å². The Labute approximate surface area is 164 Å². The Morgan fingerprint density at radius 2 is 1.82 bits per heavy atom. The number of rotatable bonds is 3. The van der Waals surface area contributed by atoms with Gasteiger partial charge in [-0.1, -0.05) is 11.6 Å². The van der Waals surface area contributed by atoms with Crippen LogP contribution in [0.1, 0.15) is 43.0 Å². The molecule has 1 N–H and O–H groups in total. The van der Waals surface area contributed by atoms with Gasteiger partial charge in [-0.3, -0.25) is 9.36 Å². The van der Waals surface area contributed by atoms with Crippen LogP contribution in [0.2, 0.25) is 5.02 Å². The lowest BCUT2D eigenvalue weighted by Crippen LogP contribution is -2.30. The van der Waals surface area contributed by atoms with Crippen LogP contribution in [0.25, 0.3) is 5.69 Å². The van der Waals surface area contributed by atoms with Gasteiger partial charge in [0.2, 0.25) is 0 Å². The smallest absolute Gasteiger partial charge is 0.373 e. The zero-order chi connectivity index (χ0) is 20.5. The Morgan fingerprint density at radius 3 is 2.32 bits per heavy atom. The van der Waals surface area contributed by atoms with Crippen LogP contribution in [0.3, 0.4) is 0 Å². The lowest BCUT2D eigenvalue weighted by molar-refractivity contribution is -0.182. The van der Waals surface area contributed by atoms with Crippen molar-refractivity contribution < 1.29 is 13.2 Å². The zero-order valence-corrected chi connectivity index (χ0v) is 15.8. The van der Waals surface area contributed by atoms with Crippen molar-refractivity contribution in [2.24, 2.45) is 5.92 Å². The lowest BCUT2D eigenvalue weighted by atomic mass is 9.81. The van der Waals surface area contributed by atoms with E-state index in [-0.39, 0.29) is 36.6 Å². The van der Waals surface area contributed by atoms with Crippen molar-refractivity contribution in [3.8, 4) is 11.8 Å². The molecule has 9 heteroatoms. The van der Waals surface area contributed by atoms with Crippen LogP contribution in [0, 0.1) is 17.2 Å². The van der Waals surface area contributed by atoms with E-state index in [4.69, 9.17) is 16.9 Å². The van der Waals surface area contributed by atoms with Gasteiger partial charge in [-0.2, -0.15) is 23.4 Å². The highest BCUT2D eigenvalue weighted by Gasteiger charge is 2.42.